The van der Waals surface area contributed by atoms with Crippen LogP contribution in [-0.4, -0.2) is 32.8 Å². The van der Waals surface area contributed by atoms with Gasteiger partial charge in [0.15, 0.2) is 10.8 Å². The molecule has 0 fully saturated rings. The second-order valence-corrected chi connectivity index (χ2v) is 7.23. The minimum Gasteiger partial charge on any atom is -0.312 e. The van der Waals surface area contributed by atoms with Gasteiger partial charge in [-0.1, -0.05) is 48.2 Å². The van der Waals surface area contributed by atoms with Crippen LogP contribution in [0.15, 0.2) is 65.8 Å². The molecule has 0 N–H and O–H groups in total. The molecule has 0 aliphatic carbocycles. The lowest BCUT2D eigenvalue weighted by molar-refractivity contribution is -0.116. The van der Waals surface area contributed by atoms with E-state index in [0.29, 0.717) is 12.3 Å². The summed E-state index contributed by atoms with van der Waals surface area (Å²) in [7, 11) is 0. The van der Waals surface area contributed by atoms with Crippen molar-refractivity contribution in [3.8, 4) is 0 Å². The molecule has 0 aliphatic heterocycles. The van der Waals surface area contributed by atoms with Gasteiger partial charge in [-0.25, -0.2) is 0 Å². The van der Waals surface area contributed by atoms with E-state index in [2.05, 4.69) is 29.3 Å². The summed E-state index contributed by atoms with van der Waals surface area (Å²) in [6, 6.07) is 20.0. The molecular weight excluding hydrogens is 356 g/mol. The fourth-order valence-corrected chi connectivity index (χ4v) is 4.11. The number of hydrogen-bond acceptors (Lipinski definition) is 4. The van der Waals surface area contributed by atoms with Gasteiger partial charge in [-0.2, -0.15) is 0 Å². The van der Waals surface area contributed by atoms with E-state index in [1.807, 2.05) is 59.9 Å². The van der Waals surface area contributed by atoms with E-state index in [-0.39, 0.29) is 5.91 Å². The first-order chi connectivity index (χ1) is 13.2. The summed E-state index contributed by atoms with van der Waals surface area (Å²) in [4.78, 5) is 14.6. The highest BCUT2D eigenvalue weighted by atomic mass is 32.2. The molecule has 136 valence electrons. The highest BCUT2D eigenvalue weighted by Crippen LogP contribution is 2.26. The average molecular weight is 376 g/mol. The lowest BCUT2D eigenvalue weighted by Gasteiger charge is -2.20. The van der Waals surface area contributed by atoms with Crippen LogP contribution in [0, 0.1) is 6.92 Å². The zero-order chi connectivity index (χ0) is 18.8. The van der Waals surface area contributed by atoms with Crippen LogP contribution in [0.5, 0.6) is 0 Å². The SMILES string of the molecule is CCN(C(=O)CSc1nnc2cc(C)c3ccccc3n12)c1ccccc1. The summed E-state index contributed by atoms with van der Waals surface area (Å²) >= 11 is 1.42. The highest BCUT2D eigenvalue weighted by molar-refractivity contribution is 7.99. The topological polar surface area (TPSA) is 50.5 Å². The fraction of sp³-hybridized carbons (Fsp3) is 0.190. The normalized spacial score (nSPS) is 11.2. The number of carbonyl (C=O) groups is 1. The van der Waals surface area contributed by atoms with E-state index in [0.717, 1.165) is 27.4 Å². The van der Waals surface area contributed by atoms with Crippen LogP contribution >= 0.6 is 11.8 Å². The number of para-hydroxylation sites is 2. The smallest absolute Gasteiger partial charge is 0.237 e. The second kappa shape index (κ2) is 7.40. The van der Waals surface area contributed by atoms with E-state index in [4.69, 9.17) is 0 Å². The number of hydrogen-bond donors (Lipinski definition) is 0. The molecule has 0 spiro atoms. The molecule has 0 saturated carbocycles. The van der Waals surface area contributed by atoms with Gasteiger partial charge in [0.1, 0.15) is 0 Å². The van der Waals surface area contributed by atoms with Crippen molar-refractivity contribution < 1.29 is 4.79 Å². The van der Waals surface area contributed by atoms with Crippen LogP contribution in [0.4, 0.5) is 5.69 Å². The third-order valence-corrected chi connectivity index (χ3v) is 5.50. The van der Waals surface area contributed by atoms with Crippen LogP contribution < -0.4 is 4.90 Å². The van der Waals surface area contributed by atoms with Gasteiger partial charge in [0.2, 0.25) is 5.91 Å². The van der Waals surface area contributed by atoms with Gasteiger partial charge < -0.3 is 4.90 Å². The van der Waals surface area contributed by atoms with Gasteiger partial charge in [-0.05, 0) is 43.7 Å². The van der Waals surface area contributed by atoms with Gasteiger partial charge >= 0.3 is 0 Å². The first-order valence-corrected chi connectivity index (χ1v) is 9.89. The predicted molar refractivity (Wildman–Crippen MR) is 110 cm³/mol. The molecule has 4 aromatic rings. The number of fused-ring (bicyclic) bond motifs is 3. The molecule has 0 aliphatic rings. The molecule has 0 bridgehead atoms. The summed E-state index contributed by atoms with van der Waals surface area (Å²) in [6.07, 6.45) is 0. The quantitative estimate of drug-likeness (QED) is 0.486. The molecule has 0 unspecified atom stereocenters. The second-order valence-electron chi connectivity index (χ2n) is 6.28. The molecule has 5 nitrogen and oxygen atoms in total. The minimum absolute atomic E-state index is 0.0573. The minimum atomic E-state index is 0.0573. The lowest BCUT2D eigenvalue weighted by atomic mass is 10.1. The molecule has 2 heterocycles. The third-order valence-electron chi connectivity index (χ3n) is 4.58. The van der Waals surface area contributed by atoms with Gasteiger partial charge in [-0.15, -0.1) is 10.2 Å². The van der Waals surface area contributed by atoms with Crippen LogP contribution in [-0.2, 0) is 4.79 Å². The van der Waals surface area contributed by atoms with Crippen molar-refractivity contribution in [2.24, 2.45) is 0 Å². The highest BCUT2D eigenvalue weighted by Gasteiger charge is 2.17. The maximum atomic E-state index is 12.8. The third kappa shape index (κ3) is 3.28. The van der Waals surface area contributed by atoms with E-state index < -0.39 is 0 Å². The summed E-state index contributed by atoms with van der Waals surface area (Å²) < 4.78 is 2.03. The number of rotatable bonds is 5. The van der Waals surface area contributed by atoms with Crippen molar-refractivity contribution in [1.82, 2.24) is 14.6 Å². The Morgan fingerprint density at radius 3 is 2.59 bits per heavy atom. The molecule has 1 amide bonds. The van der Waals surface area contributed by atoms with Gasteiger partial charge in [0.25, 0.3) is 0 Å². The van der Waals surface area contributed by atoms with Crippen molar-refractivity contribution in [2.75, 3.05) is 17.2 Å². The molecule has 0 atom stereocenters. The van der Waals surface area contributed by atoms with E-state index in [1.54, 1.807) is 4.90 Å². The summed E-state index contributed by atoms with van der Waals surface area (Å²) in [5.74, 6) is 0.369. The number of anilines is 1. The number of amides is 1. The standard InChI is InChI=1S/C21H20N4OS/c1-3-24(16-9-5-4-6-10-16)20(26)14-27-21-23-22-19-13-15(2)17-11-7-8-12-18(17)25(19)21/h4-13H,3,14H2,1-2H3. The van der Waals surface area contributed by atoms with E-state index in [1.165, 1.54) is 17.3 Å². The van der Waals surface area contributed by atoms with Gasteiger partial charge in [0, 0.05) is 17.6 Å². The maximum Gasteiger partial charge on any atom is 0.237 e. The number of aromatic nitrogens is 3. The molecular formula is C21H20N4OS. The van der Waals surface area contributed by atoms with Crippen molar-refractivity contribution in [2.45, 2.75) is 19.0 Å². The number of carbonyl (C=O) groups excluding carboxylic acids is 1. The average Bonchev–Trinajstić information content (AvgIpc) is 3.11. The van der Waals surface area contributed by atoms with Crippen LogP contribution in [0.2, 0.25) is 0 Å². The Balaban J connectivity index is 1.63. The van der Waals surface area contributed by atoms with Gasteiger partial charge in [0.05, 0.1) is 11.3 Å². The van der Waals surface area contributed by atoms with Crippen molar-refractivity contribution in [1.29, 1.82) is 0 Å². The zero-order valence-corrected chi connectivity index (χ0v) is 16.1. The Hall–Kier alpha value is -2.86. The molecule has 0 radical (unpaired) electrons. The largest absolute Gasteiger partial charge is 0.312 e. The zero-order valence-electron chi connectivity index (χ0n) is 15.3. The van der Waals surface area contributed by atoms with Crippen LogP contribution in [0.3, 0.4) is 0 Å². The number of pyridine rings is 1. The summed E-state index contributed by atoms with van der Waals surface area (Å²) in [6.45, 7) is 4.69. The number of nitrogens with zero attached hydrogens (tertiary/aromatic N) is 4. The maximum absolute atomic E-state index is 12.8. The first kappa shape index (κ1) is 17.5. The number of thioether (sulfide) groups is 1. The molecule has 2 aromatic heterocycles. The van der Waals surface area contributed by atoms with Crippen molar-refractivity contribution in [3.05, 3.63) is 66.2 Å². The number of aryl methyl sites for hydroxylation is 1. The Bertz CT molecular complexity index is 1110. The Labute approximate surface area is 162 Å². The van der Waals surface area contributed by atoms with Crippen molar-refractivity contribution >= 4 is 39.9 Å². The first-order valence-electron chi connectivity index (χ1n) is 8.90. The molecule has 0 saturated heterocycles. The Morgan fingerprint density at radius 1 is 1.07 bits per heavy atom. The summed E-state index contributed by atoms with van der Waals surface area (Å²) in [5, 5.41) is 10.5. The summed E-state index contributed by atoms with van der Waals surface area (Å²) in [5.41, 5.74) is 3.94. The predicted octanol–water partition coefficient (Wildman–Crippen LogP) is 4.34. The van der Waals surface area contributed by atoms with Crippen LogP contribution in [0.25, 0.3) is 16.6 Å². The fourth-order valence-electron chi connectivity index (χ4n) is 3.28. The molecule has 6 heteroatoms. The molecule has 4 rings (SSSR count). The van der Waals surface area contributed by atoms with E-state index >= 15 is 0 Å². The monoisotopic (exact) mass is 376 g/mol. The number of benzene rings is 2. The van der Waals surface area contributed by atoms with E-state index in [9.17, 15) is 4.79 Å². The van der Waals surface area contributed by atoms with Crippen LogP contribution in [0.1, 0.15) is 12.5 Å². The Kier molecular flexibility index (Phi) is 4.81. The Morgan fingerprint density at radius 2 is 1.81 bits per heavy atom. The lowest BCUT2D eigenvalue weighted by Crippen LogP contribution is -2.32. The van der Waals surface area contributed by atoms with Crippen molar-refractivity contribution in [3.63, 3.8) is 0 Å². The van der Waals surface area contributed by atoms with Gasteiger partial charge in [-0.3, -0.25) is 9.20 Å². The molecule has 2 aromatic carbocycles. The molecule has 27 heavy (non-hydrogen) atoms.